The SMILES string of the molecule is CCNc1cc(N2CCC(C(C)C)C2)nc(C(C)C)n1. The van der Waals surface area contributed by atoms with E-state index in [2.05, 4.69) is 55.9 Å². The van der Waals surface area contributed by atoms with E-state index in [9.17, 15) is 0 Å². The van der Waals surface area contributed by atoms with Gasteiger partial charge in [0.2, 0.25) is 0 Å². The molecule has 0 aliphatic carbocycles. The smallest absolute Gasteiger partial charge is 0.135 e. The highest BCUT2D eigenvalue weighted by atomic mass is 15.2. The number of hydrogen-bond acceptors (Lipinski definition) is 4. The quantitative estimate of drug-likeness (QED) is 0.893. The predicted octanol–water partition coefficient (Wildman–Crippen LogP) is 3.51. The average Bonchev–Trinajstić information content (AvgIpc) is 2.88. The first-order valence-corrected chi connectivity index (χ1v) is 7.89. The number of hydrogen-bond donors (Lipinski definition) is 1. The molecule has 1 atom stereocenters. The lowest BCUT2D eigenvalue weighted by Gasteiger charge is -2.21. The molecule has 1 aliphatic rings. The highest BCUT2D eigenvalue weighted by molar-refractivity contribution is 5.50. The lowest BCUT2D eigenvalue weighted by molar-refractivity contribution is 0.422. The fraction of sp³-hybridized carbons (Fsp3) is 0.750. The third-order valence-corrected chi connectivity index (χ3v) is 4.10. The van der Waals surface area contributed by atoms with Crippen LogP contribution in [0.2, 0.25) is 0 Å². The van der Waals surface area contributed by atoms with Crippen molar-refractivity contribution in [2.45, 2.75) is 47.0 Å². The van der Waals surface area contributed by atoms with Gasteiger partial charge in [-0.3, -0.25) is 0 Å². The summed E-state index contributed by atoms with van der Waals surface area (Å²) in [6, 6.07) is 2.10. The maximum atomic E-state index is 4.77. The Morgan fingerprint density at radius 2 is 2.05 bits per heavy atom. The molecular weight excluding hydrogens is 248 g/mol. The molecule has 0 spiro atoms. The molecule has 112 valence electrons. The molecule has 4 heteroatoms. The van der Waals surface area contributed by atoms with E-state index >= 15 is 0 Å². The first kappa shape index (κ1) is 15.1. The molecule has 1 aliphatic heterocycles. The van der Waals surface area contributed by atoms with Gasteiger partial charge in [-0.05, 0) is 25.2 Å². The van der Waals surface area contributed by atoms with Crippen molar-refractivity contribution in [1.29, 1.82) is 0 Å². The largest absolute Gasteiger partial charge is 0.370 e. The summed E-state index contributed by atoms with van der Waals surface area (Å²) in [4.78, 5) is 11.8. The molecular formula is C16H28N4. The van der Waals surface area contributed by atoms with E-state index in [0.29, 0.717) is 5.92 Å². The molecule has 0 saturated carbocycles. The Morgan fingerprint density at radius 1 is 1.30 bits per heavy atom. The number of rotatable bonds is 5. The summed E-state index contributed by atoms with van der Waals surface area (Å²) in [5.41, 5.74) is 0. The van der Waals surface area contributed by atoms with E-state index in [4.69, 9.17) is 4.98 Å². The molecule has 1 unspecified atom stereocenters. The van der Waals surface area contributed by atoms with Crippen molar-refractivity contribution >= 4 is 11.6 Å². The topological polar surface area (TPSA) is 41.0 Å². The van der Waals surface area contributed by atoms with Crippen LogP contribution in [0.5, 0.6) is 0 Å². The van der Waals surface area contributed by atoms with Gasteiger partial charge in [0.1, 0.15) is 17.5 Å². The van der Waals surface area contributed by atoms with Gasteiger partial charge in [0.15, 0.2) is 0 Å². The van der Waals surface area contributed by atoms with Crippen molar-refractivity contribution in [3.05, 3.63) is 11.9 Å². The number of anilines is 2. The lowest BCUT2D eigenvalue weighted by atomic mass is 9.95. The van der Waals surface area contributed by atoms with Gasteiger partial charge in [-0.2, -0.15) is 0 Å². The van der Waals surface area contributed by atoms with Crippen LogP contribution in [0.15, 0.2) is 6.07 Å². The Bertz CT molecular complexity index is 442. The molecule has 0 aromatic carbocycles. The van der Waals surface area contributed by atoms with Gasteiger partial charge in [-0.25, -0.2) is 9.97 Å². The number of nitrogens with one attached hydrogen (secondary N) is 1. The van der Waals surface area contributed by atoms with E-state index < -0.39 is 0 Å². The van der Waals surface area contributed by atoms with E-state index in [-0.39, 0.29) is 0 Å². The fourth-order valence-corrected chi connectivity index (χ4v) is 2.68. The summed E-state index contributed by atoms with van der Waals surface area (Å²) in [6.07, 6.45) is 1.27. The Labute approximate surface area is 123 Å². The van der Waals surface area contributed by atoms with Crippen LogP contribution >= 0.6 is 0 Å². The number of aromatic nitrogens is 2. The van der Waals surface area contributed by atoms with Crippen molar-refractivity contribution in [3.63, 3.8) is 0 Å². The van der Waals surface area contributed by atoms with Gasteiger partial charge in [0.05, 0.1) is 0 Å². The fourth-order valence-electron chi connectivity index (χ4n) is 2.68. The van der Waals surface area contributed by atoms with Gasteiger partial charge >= 0.3 is 0 Å². The Morgan fingerprint density at radius 3 is 2.60 bits per heavy atom. The summed E-state index contributed by atoms with van der Waals surface area (Å²) in [5.74, 6) is 4.87. The molecule has 1 saturated heterocycles. The minimum absolute atomic E-state index is 0.357. The third-order valence-electron chi connectivity index (χ3n) is 4.10. The summed E-state index contributed by atoms with van der Waals surface area (Å²) in [7, 11) is 0. The van der Waals surface area contributed by atoms with Gasteiger partial charge in [-0.1, -0.05) is 27.7 Å². The lowest BCUT2D eigenvalue weighted by Crippen LogP contribution is -2.23. The molecule has 1 aromatic rings. The maximum Gasteiger partial charge on any atom is 0.135 e. The Balaban J connectivity index is 2.22. The van der Waals surface area contributed by atoms with Crippen LogP contribution in [-0.2, 0) is 0 Å². The third kappa shape index (κ3) is 3.41. The molecule has 1 N–H and O–H groups in total. The zero-order valence-corrected chi connectivity index (χ0v) is 13.5. The molecule has 0 radical (unpaired) electrons. The standard InChI is InChI=1S/C16H28N4/c1-6-17-14-9-15(19-16(18-14)12(4)5)20-8-7-13(10-20)11(2)3/h9,11-13H,6-8,10H2,1-5H3,(H,17,18,19). The van der Waals surface area contributed by atoms with Crippen LogP contribution < -0.4 is 10.2 Å². The Hall–Kier alpha value is -1.32. The molecule has 2 heterocycles. The van der Waals surface area contributed by atoms with Crippen molar-refractivity contribution in [3.8, 4) is 0 Å². The van der Waals surface area contributed by atoms with Crippen molar-refractivity contribution in [2.75, 3.05) is 29.9 Å². The van der Waals surface area contributed by atoms with Crippen LogP contribution in [0, 0.1) is 11.8 Å². The van der Waals surface area contributed by atoms with Crippen molar-refractivity contribution < 1.29 is 0 Å². The molecule has 20 heavy (non-hydrogen) atoms. The zero-order valence-electron chi connectivity index (χ0n) is 13.5. The summed E-state index contributed by atoms with van der Waals surface area (Å²) >= 11 is 0. The maximum absolute atomic E-state index is 4.77. The van der Waals surface area contributed by atoms with Crippen molar-refractivity contribution in [1.82, 2.24) is 9.97 Å². The average molecular weight is 276 g/mol. The monoisotopic (exact) mass is 276 g/mol. The normalized spacial score (nSPS) is 19.1. The Kier molecular flexibility index (Phi) is 4.84. The molecule has 0 amide bonds. The van der Waals surface area contributed by atoms with Crippen molar-refractivity contribution in [2.24, 2.45) is 11.8 Å². The molecule has 0 bridgehead atoms. The summed E-state index contributed by atoms with van der Waals surface area (Å²) < 4.78 is 0. The van der Waals surface area contributed by atoms with E-state index in [1.165, 1.54) is 6.42 Å². The highest BCUT2D eigenvalue weighted by Gasteiger charge is 2.26. The predicted molar refractivity (Wildman–Crippen MR) is 85.4 cm³/mol. The van der Waals surface area contributed by atoms with Gasteiger partial charge in [-0.15, -0.1) is 0 Å². The highest BCUT2D eigenvalue weighted by Crippen LogP contribution is 2.29. The minimum Gasteiger partial charge on any atom is -0.370 e. The van der Waals surface area contributed by atoms with Crippen LogP contribution in [0.25, 0.3) is 0 Å². The zero-order chi connectivity index (χ0) is 14.7. The second kappa shape index (κ2) is 6.42. The van der Waals surface area contributed by atoms with Gasteiger partial charge in [0, 0.05) is 31.6 Å². The summed E-state index contributed by atoms with van der Waals surface area (Å²) in [5, 5.41) is 3.32. The molecule has 1 aromatic heterocycles. The van der Waals surface area contributed by atoms with E-state index in [1.54, 1.807) is 0 Å². The van der Waals surface area contributed by atoms with E-state index in [1.807, 2.05) is 0 Å². The number of nitrogens with zero attached hydrogens (tertiary/aromatic N) is 3. The minimum atomic E-state index is 0.357. The van der Waals surface area contributed by atoms with Crippen LogP contribution in [-0.4, -0.2) is 29.6 Å². The second-order valence-corrected chi connectivity index (χ2v) is 6.39. The molecule has 4 nitrogen and oxygen atoms in total. The van der Waals surface area contributed by atoms with Crippen LogP contribution in [0.4, 0.5) is 11.6 Å². The molecule has 1 fully saturated rings. The van der Waals surface area contributed by atoms with Crippen LogP contribution in [0.1, 0.15) is 52.8 Å². The molecule has 2 rings (SSSR count). The second-order valence-electron chi connectivity index (χ2n) is 6.39. The van der Waals surface area contributed by atoms with Gasteiger partial charge in [0.25, 0.3) is 0 Å². The first-order chi connectivity index (χ1) is 9.51. The van der Waals surface area contributed by atoms with Gasteiger partial charge < -0.3 is 10.2 Å². The van der Waals surface area contributed by atoms with Crippen LogP contribution in [0.3, 0.4) is 0 Å². The first-order valence-electron chi connectivity index (χ1n) is 7.89. The summed E-state index contributed by atoms with van der Waals surface area (Å²) in [6.45, 7) is 14.2. The van der Waals surface area contributed by atoms with E-state index in [0.717, 1.165) is 48.9 Å².